The highest BCUT2D eigenvalue weighted by Gasteiger charge is 2.22. The average Bonchev–Trinajstić information content (AvgIpc) is 2.15. The second kappa shape index (κ2) is 3.81. The topological polar surface area (TPSA) is 141 Å². The summed E-state index contributed by atoms with van der Waals surface area (Å²) in [7, 11) is -4.11. The van der Waals surface area contributed by atoms with E-state index in [2.05, 4.69) is 5.43 Å². The minimum Gasteiger partial charge on any atom is -0.324 e. The summed E-state index contributed by atoms with van der Waals surface area (Å²) in [4.78, 5) is 9.16. The molecular formula is C6H8N4O4S. The molecule has 1 aromatic carbocycles. The van der Waals surface area contributed by atoms with E-state index in [9.17, 15) is 18.5 Å². The lowest BCUT2D eigenvalue weighted by molar-refractivity contribution is -0.387. The van der Waals surface area contributed by atoms with Crippen LogP contribution in [0.25, 0.3) is 0 Å². The standard InChI is InChI=1S/C6H8N4O4S/c7-9-4-1-2-6(15(8,13)14)5(3-4)10(11)12/h1-3,9H,7H2,(H2,8,13,14). The van der Waals surface area contributed by atoms with E-state index in [-0.39, 0.29) is 5.69 Å². The lowest BCUT2D eigenvalue weighted by atomic mass is 10.3. The Morgan fingerprint density at radius 1 is 1.40 bits per heavy atom. The maximum absolute atomic E-state index is 11.0. The van der Waals surface area contributed by atoms with Crippen molar-refractivity contribution in [1.82, 2.24) is 0 Å². The Morgan fingerprint density at radius 3 is 2.40 bits per heavy atom. The molecule has 0 aliphatic rings. The van der Waals surface area contributed by atoms with Gasteiger partial charge < -0.3 is 5.43 Å². The van der Waals surface area contributed by atoms with Gasteiger partial charge in [-0.1, -0.05) is 0 Å². The number of hydrogen-bond donors (Lipinski definition) is 3. The fraction of sp³-hybridized carbons (Fsp3) is 0. The first-order valence-electron chi connectivity index (χ1n) is 3.64. The zero-order valence-corrected chi connectivity index (χ0v) is 8.19. The SMILES string of the molecule is NNc1ccc(S(N)(=O)=O)c([N+](=O)[O-])c1. The van der Waals surface area contributed by atoms with Crippen LogP contribution in [0, 0.1) is 10.1 Å². The molecule has 0 aromatic heterocycles. The van der Waals surface area contributed by atoms with Crippen LogP contribution in [-0.2, 0) is 10.0 Å². The van der Waals surface area contributed by atoms with Crippen molar-refractivity contribution in [1.29, 1.82) is 0 Å². The van der Waals surface area contributed by atoms with E-state index in [0.717, 1.165) is 12.1 Å². The Labute approximate surface area is 85.0 Å². The number of anilines is 1. The summed E-state index contributed by atoms with van der Waals surface area (Å²) in [6.45, 7) is 0. The summed E-state index contributed by atoms with van der Waals surface area (Å²) >= 11 is 0. The molecule has 82 valence electrons. The van der Waals surface area contributed by atoms with Gasteiger partial charge in [-0.15, -0.1) is 0 Å². The average molecular weight is 232 g/mol. The summed E-state index contributed by atoms with van der Waals surface area (Å²) in [5, 5.41) is 15.4. The van der Waals surface area contributed by atoms with Crippen molar-refractivity contribution in [2.45, 2.75) is 4.90 Å². The number of benzene rings is 1. The van der Waals surface area contributed by atoms with Crippen molar-refractivity contribution in [3.8, 4) is 0 Å². The van der Waals surface area contributed by atoms with Gasteiger partial charge in [0.05, 0.1) is 10.6 Å². The summed E-state index contributed by atoms with van der Waals surface area (Å²) < 4.78 is 22.0. The van der Waals surface area contributed by atoms with Crippen LogP contribution in [0.2, 0.25) is 0 Å². The smallest absolute Gasteiger partial charge is 0.291 e. The van der Waals surface area contributed by atoms with Gasteiger partial charge in [0.25, 0.3) is 5.69 Å². The number of hydrogen-bond acceptors (Lipinski definition) is 6. The van der Waals surface area contributed by atoms with Crippen LogP contribution in [0.5, 0.6) is 0 Å². The maximum Gasteiger partial charge on any atom is 0.291 e. The number of sulfonamides is 1. The van der Waals surface area contributed by atoms with E-state index < -0.39 is 25.5 Å². The fourth-order valence-electron chi connectivity index (χ4n) is 0.990. The molecule has 0 atom stereocenters. The fourth-order valence-corrected chi connectivity index (χ4v) is 1.67. The van der Waals surface area contributed by atoms with Crippen molar-refractivity contribution < 1.29 is 13.3 Å². The molecule has 8 nitrogen and oxygen atoms in total. The van der Waals surface area contributed by atoms with E-state index in [4.69, 9.17) is 11.0 Å². The van der Waals surface area contributed by atoms with Crippen LogP contribution in [0.4, 0.5) is 11.4 Å². The largest absolute Gasteiger partial charge is 0.324 e. The van der Waals surface area contributed by atoms with E-state index in [1.807, 2.05) is 0 Å². The zero-order valence-electron chi connectivity index (χ0n) is 7.38. The zero-order chi connectivity index (χ0) is 11.6. The molecule has 0 saturated heterocycles. The lowest BCUT2D eigenvalue weighted by Gasteiger charge is -2.03. The molecule has 0 saturated carbocycles. The predicted octanol–water partition coefficient (Wildman–Crippen LogP) is -0.472. The molecule has 0 bridgehead atoms. The van der Waals surface area contributed by atoms with Gasteiger partial charge in [-0.05, 0) is 12.1 Å². The van der Waals surface area contributed by atoms with Gasteiger partial charge in [-0.3, -0.25) is 16.0 Å². The van der Waals surface area contributed by atoms with Crippen LogP contribution in [-0.4, -0.2) is 13.3 Å². The summed E-state index contributed by atoms with van der Waals surface area (Å²) in [6.07, 6.45) is 0. The monoisotopic (exact) mass is 232 g/mol. The third kappa shape index (κ3) is 2.40. The van der Waals surface area contributed by atoms with Crippen molar-refractivity contribution in [2.24, 2.45) is 11.0 Å². The van der Waals surface area contributed by atoms with Crippen LogP contribution < -0.4 is 16.4 Å². The number of nitrogens with zero attached hydrogens (tertiary/aromatic N) is 1. The number of nitrogens with one attached hydrogen (secondary N) is 1. The second-order valence-corrected chi connectivity index (χ2v) is 4.16. The summed E-state index contributed by atoms with van der Waals surface area (Å²) in [6, 6.07) is 3.27. The van der Waals surface area contributed by atoms with Crippen LogP contribution in [0.15, 0.2) is 23.1 Å². The number of primary sulfonamides is 1. The molecule has 0 spiro atoms. The van der Waals surface area contributed by atoms with Gasteiger partial charge >= 0.3 is 0 Å². The number of nitro groups is 1. The molecule has 0 radical (unpaired) electrons. The Bertz CT molecular complexity index is 498. The molecular weight excluding hydrogens is 224 g/mol. The number of nitrogens with two attached hydrogens (primary N) is 2. The molecule has 5 N–H and O–H groups in total. The highest BCUT2D eigenvalue weighted by molar-refractivity contribution is 7.89. The Morgan fingerprint density at radius 2 is 2.00 bits per heavy atom. The first-order chi connectivity index (χ1) is 6.86. The molecule has 1 rings (SSSR count). The third-order valence-corrected chi connectivity index (χ3v) is 2.59. The maximum atomic E-state index is 11.0. The van der Waals surface area contributed by atoms with E-state index in [0.29, 0.717) is 0 Å². The minimum atomic E-state index is -4.11. The highest BCUT2D eigenvalue weighted by atomic mass is 32.2. The van der Waals surface area contributed by atoms with Gasteiger partial charge in [-0.25, -0.2) is 13.6 Å². The van der Waals surface area contributed by atoms with Gasteiger partial charge in [0.1, 0.15) is 0 Å². The molecule has 0 amide bonds. The van der Waals surface area contributed by atoms with Gasteiger partial charge in [0.2, 0.25) is 10.0 Å². The molecule has 1 aromatic rings. The number of nitro benzene ring substituents is 1. The van der Waals surface area contributed by atoms with E-state index in [1.54, 1.807) is 0 Å². The normalized spacial score (nSPS) is 11.1. The van der Waals surface area contributed by atoms with Crippen molar-refractivity contribution in [3.05, 3.63) is 28.3 Å². The van der Waals surface area contributed by atoms with Gasteiger partial charge in [0, 0.05) is 6.07 Å². The number of nitrogen functional groups attached to an aromatic ring is 1. The summed E-state index contributed by atoms with van der Waals surface area (Å²) in [5.41, 5.74) is 1.76. The quantitative estimate of drug-likeness (QED) is 0.365. The number of rotatable bonds is 3. The van der Waals surface area contributed by atoms with Crippen LogP contribution in [0.1, 0.15) is 0 Å². The Kier molecular flexibility index (Phi) is 2.88. The van der Waals surface area contributed by atoms with Crippen LogP contribution in [0.3, 0.4) is 0 Å². The van der Waals surface area contributed by atoms with Crippen LogP contribution >= 0.6 is 0 Å². The predicted molar refractivity (Wildman–Crippen MR) is 52.3 cm³/mol. The molecule has 0 heterocycles. The molecule has 0 unspecified atom stereocenters. The lowest BCUT2D eigenvalue weighted by Crippen LogP contribution is -2.15. The van der Waals surface area contributed by atoms with Gasteiger partial charge in [-0.2, -0.15) is 0 Å². The Balaban J connectivity index is 3.48. The van der Waals surface area contributed by atoms with E-state index in [1.165, 1.54) is 6.07 Å². The molecule has 0 aliphatic carbocycles. The van der Waals surface area contributed by atoms with Crippen molar-refractivity contribution in [2.75, 3.05) is 5.43 Å². The minimum absolute atomic E-state index is 0.217. The Hall–Kier alpha value is -1.71. The first kappa shape index (κ1) is 11.4. The molecule has 0 aliphatic heterocycles. The van der Waals surface area contributed by atoms with E-state index >= 15 is 0 Å². The number of hydrazine groups is 1. The molecule has 0 fully saturated rings. The molecule has 9 heteroatoms. The molecule has 15 heavy (non-hydrogen) atoms. The second-order valence-electron chi connectivity index (χ2n) is 2.63. The third-order valence-electron chi connectivity index (χ3n) is 1.63. The summed E-state index contributed by atoms with van der Waals surface area (Å²) in [5.74, 6) is 5.02. The van der Waals surface area contributed by atoms with Crippen molar-refractivity contribution in [3.63, 3.8) is 0 Å². The highest BCUT2D eigenvalue weighted by Crippen LogP contribution is 2.25. The first-order valence-corrected chi connectivity index (χ1v) is 5.18. The van der Waals surface area contributed by atoms with Crippen molar-refractivity contribution >= 4 is 21.4 Å². The van der Waals surface area contributed by atoms with Gasteiger partial charge in [0.15, 0.2) is 4.90 Å².